The Morgan fingerprint density at radius 1 is 1.47 bits per heavy atom. The lowest BCUT2D eigenvalue weighted by Crippen LogP contribution is -2.07. The Bertz CT molecular complexity index is 495. The van der Waals surface area contributed by atoms with Crippen LogP contribution in [0.15, 0.2) is 30.4 Å². The normalized spacial score (nSPS) is 22.4. The SMILES string of the molecule is NP(=O)(O)Nc1ccc(O)cc1C1C=CCC1. The van der Waals surface area contributed by atoms with Gasteiger partial charge >= 0.3 is 7.67 Å². The molecule has 1 aliphatic carbocycles. The predicted molar refractivity (Wildman–Crippen MR) is 66.9 cm³/mol. The third-order valence-corrected chi connectivity index (χ3v) is 3.29. The molecule has 0 bridgehead atoms. The zero-order valence-electron chi connectivity index (χ0n) is 9.21. The number of benzene rings is 1. The van der Waals surface area contributed by atoms with Crippen molar-refractivity contribution in [1.29, 1.82) is 0 Å². The Kier molecular flexibility index (Phi) is 3.24. The Morgan fingerprint density at radius 2 is 2.24 bits per heavy atom. The van der Waals surface area contributed by atoms with Gasteiger partial charge in [0.1, 0.15) is 5.75 Å². The van der Waals surface area contributed by atoms with Crippen molar-refractivity contribution in [2.75, 3.05) is 5.09 Å². The minimum Gasteiger partial charge on any atom is -0.508 e. The van der Waals surface area contributed by atoms with E-state index in [0.29, 0.717) is 5.69 Å². The van der Waals surface area contributed by atoms with E-state index in [1.165, 1.54) is 6.07 Å². The molecule has 2 atom stereocenters. The molecule has 0 aliphatic heterocycles. The second kappa shape index (κ2) is 4.53. The fourth-order valence-electron chi connectivity index (χ4n) is 2.02. The third-order valence-electron chi connectivity index (χ3n) is 2.73. The van der Waals surface area contributed by atoms with E-state index < -0.39 is 7.67 Å². The van der Waals surface area contributed by atoms with Gasteiger partial charge in [-0.15, -0.1) is 0 Å². The molecule has 5 N–H and O–H groups in total. The summed E-state index contributed by atoms with van der Waals surface area (Å²) in [5.74, 6) is 0.284. The van der Waals surface area contributed by atoms with Gasteiger partial charge < -0.3 is 15.1 Å². The van der Waals surface area contributed by atoms with Crippen LogP contribution in [0.5, 0.6) is 5.75 Å². The van der Waals surface area contributed by atoms with Crippen molar-refractivity contribution < 1.29 is 14.6 Å². The molecule has 2 unspecified atom stereocenters. The summed E-state index contributed by atoms with van der Waals surface area (Å²) in [5, 5.41) is 11.9. The van der Waals surface area contributed by atoms with Gasteiger partial charge in [0.2, 0.25) is 0 Å². The van der Waals surface area contributed by atoms with E-state index in [1.807, 2.05) is 6.08 Å². The van der Waals surface area contributed by atoms with E-state index in [2.05, 4.69) is 11.2 Å². The highest BCUT2D eigenvalue weighted by Crippen LogP contribution is 2.40. The molecule has 92 valence electrons. The molecule has 0 spiro atoms. The Labute approximate surface area is 99.5 Å². The van der Waals surface area contributed by atoms with Crippen LogP contribution >= 0.6 is 7.67 Å². The molecule has 1 aliphatic rings. The van der Waals surface area contributed by atoms with Crippen molar-refractivity contribution in [2.24, 2.45) is 5.50 Å². The summed E-state index contributed by atoms with van der Waals surface area (Å²) in [6, 6.07) is 4.62. The van der Waals surface area contributed by atoms with Gasteiger partial charge in [-0.25, -0.2) is 10.1 Å². The van der Waals surface area contributed by atoms with Crippen LogP contribution in [0.25, 0.3) is 0 Å². The number of phenolic OH excluding ortho intramolecular Hbond substituents is 1. The summed E-state index contributed by atoms with van der Waals surface area (Å²) < 4.78 is 11.2. The summed E-state index contributed by atoms with van der Waals surface area (Å²) in [7, 11) is -3.83. The van der Waals surface area contributed by atoms with Gasteiger partial charge in [0, 0.05) is 11.6 Å². The third kappa shape index (κ3) is 3.09. The second-order valence-corrected chi connectivity index (χ2v) is 5.59. The Hall–Kier alpha value is -1.29. The van der Waals surface area contributed by atoms with Gasteiger partial charge in [-0.2, -0.15) is 0 Å². The van der Waals surface area contributed by atoms with E-state index in [1.54, 1.807) is 12.1 Å². The molecular weight excluding hydrogens is 239 g/mol. The number of rotatable bonds is 3. The maximum absolute atomic E-state index is 11.2. The molecule has 0 amide bonds. The summed E-state index contributed by atoms with van der Waals surface area (Å²) >= 11 is 0. The van der Waals surface area contributed by atoms with Gasteiger partial charge in [0.25, 0.3) is 0 Å². The van der Waals surface area contributed by atoms with Crippen LogP contribution in [0, 0.1) is 0 Å². The number of anilines is 1. The van der Waals surface area contributed by atoms with Crippen LogP contribution in [0.2, 0.25) is 0 Å². The van der Waals surface area contributed by atoms with Crippen molar-refractivity contribution in [3.8, 4) is 5.75 Å². The number of phenols is 1. The Balaban J connectivity index is 2.37. The van der Waals surface area contributed by atoms with Crippen molar-refractivity contribution in [2.45, 2.75) is 18.8 Å². The average molecular weight is 254 g/mol. The number of hydrogen-bond donors (Lipinski definition) is 4. The summed E-state index contributed by atoms with van der Waals surface area (Å²) in [6.45, 7) is 0. The molecule has 0 radical (unpaired) electrons. The van der Waals surface area contributed by atoms with Gasteiger partial charge in [0.15, 0.2) is 0 Å². The molecule has 17 heavy (non-hydrogen) atoms. The van der Waals surface area contributed by atoms with E-state index in [0.717, 1.165) is 18.4 Å². The highest BCUT2D eigenvalue weighted by molar-refractivity contribution is 7.57. The highest BCUT2D eigenvalue weighted by Gasteiger charge is 2.19. The number of aromatic hydroxyl groups is 1. The maximum atomic E-state index is 11.2. The molecule has 0 aromatic heterocycles. The minimum absolute atomic E-state index is 0.135. The molecular formula is C11H15N2O3P. The summed E-state index contributed by atoms with van der Waals surface area (Å²) in [5.41, 5.74) is 6.38. The van der Waals surface area contributed by atoms with E-state index in [9.17, 15) is 9.67 Å². The van der Waals surface area contributed by atoms with Crippen LogP contribution in [0.1, 0.15) is 24.3 Å². The molecule has 5 nitrogen and oxygen atoms in total. The van der Waals surface area contributed by atoms with E-state index in [-0.39, 0.29) is 11.7 Å². The fourth-order valence-corrected chi connectivity index (χ4v) is 2.57. The molecule has 0 heterocycles. The molecule has 2 rings (SSSR count). The fraction of sp³-hybridized carbons (Fsp3) is 0.273. The van der Waals surface area contributed by atoms with E-state index in [4.69, 9.17) is 10.4 Å². The van der Waals surface area contributed by atoms with Crippen LogP contribution in [0.3, 0.4) is 0 Å². The Morgan fingerprint density at radius 3 is 2.82 bits per heavy atom. The molecule has 0 saturated carbocycles. The number of nitrogens with two attached hydrogens (primary N) is 1. The van der Waals surface area contributed by atoms with Crippen LogP contribution in [-0.4, -0.2) is 10.00 Å². The molecule has 1 aromatic carbocycles. The second-order valence-electron chi connectivity index (χ2n) is 4.12. The van der Waals surface area contributed by atoms with Crippen molar-refractivity contribution in [3.63, 3.8) is 0 Å². The smallest absolute Gasteiger partial charge is 0.360 e. The van der Waals surface area contributed by atoms with Crippen molar-refractivity contribution >= 4 is 13.4 Å². The quantitative estimate of drug-likeness (QED) is 0.377. The van der Waals surface area contributed by atoms with Gasteiger partial charge in [-0.05, 0) is 36.6 Å². The average Bonchev–Trinajstić information content (AvgIpc) is 2.71. The summed E-state index contributed by atoms with van der Waals surface area (Å²) in [4.78, 5) is 9.15. The lowest BCUT2D eigenvalue weighted by Gasteiger charge is -2.17. The van der Waals surface area contributed by atoms with Crippen LogP contribution in [0.4, 0.5) is 5.69 Å². The standard InChI is InChI=1S/C11H15N2O3P/c12-17(15,16)13-11-6-5-9(14)7-10(11)8-3-1-2-4-8/h1,3,5-8,14H,2,4H2,(H4,12,13,15,16). The van der Waals surface area contributed by atoms with E-state index >= 15 is 0 Å². The zero-order valence-corrected chi connectivity index (χ0v) is 10.1. The maximum Gasteiger partial charge on any atom is 0.360 e. The number of allylic oxidation sites excluding steroid dienone is 2. The van der Waals surface area contributed by atoms with Gasteiger partial charge in [-0.1, -0.05) is 12.2 Å². The van der Waals surface area contributed by atoms with Crippen molar-refractivity contribution in [3.05, 3.63) is 35.9 Å². The molecule has 0 fully saturated rings. The lowest BCUT2D eigenvalue weighted by atomic mass is 9.97. The minimum atomic E-state index is -3.83. The molecule has 0 saturated heterocycles. The van der Waals surface area contributed by atoms with Crippen LogP contribution in [-0.2, 0) is 4.57 Å². The van der Waals surface area contributed by atoms with Gasteiger partial charge in [-0.3, -0.25) is 0 Å². The first kappa shape index (κ1) is 12.2. The number of hydrogen-bond acceptors (Lipinski definition) is 2. The first-order valence-electron chi connectivity index (χ1n) is 5.35. The van der Waals surface area contributed by atoms with Gasteiger partial charge in [0.05, 0.1) is 0 Å². The largest absolute Gasteiger partial charge is 0.508 e. The lowest BCUT2D eigenvalue weighted by molar-refractivity contribution is 0.473. The first-order chi connectivity index (χ1) is 7.96. The summed E-state index contributed by atoms with van der Waals surface area (Å²) in [6.07, 6.45) is 5.98. The number of nitrogens with one attached hydrogen (secondary N) is 1. The first-order valence-corrected chi connectivity index (χ1v) is 7.08. The van der Waals surface area contributed by atoms with Crippen molar-refractivity contribution in [1.82, 2.24) is 0 Å². The molecule has 1 aromatic rings. The molecule has 6 heteroatoms. The monoisotopic (exact) mass is 254 g/mol. The zero-order chi connectivity index (χ0) is 12.5. The van der Waals surface area contributed by atoms with Crippen LogP contribution < -0.4 is 10.6 Å². The topological polar surface area (TPSA) is 95.6 Å². The predicted octanol–water partition coefficient (Wildman–Crippen LogP) is 2.30. The highest BCUT2D eigenvalue weighted by atomic mass is 31.2.